The second-order valence-electron chi connectivity index (χ2n) is 4.67. The van der Waals surface area contributed by atoms with Crippen molar-refractivity contribution in [3.05, 3.63) is 0 Å². The van der Waals surface area contributed by atoms with E-state index in [0.717, 1.165) is 0 Å². The van der Waals surface area contributed by atoms with Crippen molar-refractivity contribution in [1.29, 1.82) is 0 Å². The van der Waals surface area contributed by atoms with Gasteiger partial charge in [0.1, 0.15) is 0 Å². The maximum atomic E-state index is 10.5. The number of aliphatic carboxylic acids is 1. The fourth-order valence-corrected chi connectivity index (χ4v) is 2.73. The number of aliphatic hydroxyl groups is 2. The van der Waals surface area contributed by atoms with Gasteiger partial charge in [0.15, 0.2) is 0 Å². The van der Waals surface area contributed by atoms with Gasteiger partial charge in [-0.25, -0.2) is 0 Å². The fourth-order valence-electron chi connectivity index (χ4n) is 2.73. The van der Waals surface area contributed by atoms with Gasteiger partial charge in [-0.05, 0) is 25.9 Å². The molecule has 0 aromatic heterocycles. The molecule has 2 rings (SSSR count). The SMILES string of the molecule is O=C(O)CN1CCC2(CC1)[C@H](O)C[C@@H]2O. The Kier molecular flexibility index (Phi) is 2.70. The smallest absolute Gasteiger partial charge is 0.317 e. The molecule has 86 valence electrons. The van der Waals surface area contributed by atoms with Crippen molar-refractivity contribution in [2.75, 3.05) is 19.6 Å². The predicted molar refractivity (Wildman–Crippen MR) is 52.4 cm³/mol. The Morgan fingerprint density at radius 1 is 1.27 bits per heavy atom. The van der Waals surface area contributed by atoms with Crippen LogP contribution in [0.25, 0.3) is 0 Å². The van der Waals surface area contributed by atoms with Crippen molar-refractivity contribution in [2.24, 2.45) is 5.41 Å². The van der Waals surface area contributed by atoms with Gasteiger partial charge < -0.3 is 15.3 Å². The van der Waals surface area contributed by atoms with Crippen LogP contribution >= 0.6 is 0 Å². The highest BCUT2D eigenvalue weighted by Gasteiger charge is 2.54. The van der Waals surface area contributed by atoms with Gasteiger partial charge in [-0.15, -0.1) is 0 Å². The summed E-state index contributed by atoms with van der Waals surface area (Å²) in [6.07, 6.45) is 1.06. The number of hydrogen-bond donors (Lipinski definition) is 3. The number of carboxylic acid groups (broad SMARTS) is 1. The highest BCUT2D eigenvalue weighted by molar-refractivity contribution is 5.69. The summed E-state index contributed by atoms with van der Waals surface area (Å²) in [7, 11) is 0. The Bertz CT molecular complexity index is 250. The van der Waals surface area contributed by atoms with Crippen LogP contribution in [0.3, 0.4) is 0 Å². The number of likely N-dealkylation sites (tertiary alicyclic amines) is 1. The molecule has 2 fully saturated rings. The van der Waals surface area contributed by atoms with Crippen LogP contribution in [0.1, 0.15) is 19.3 Å². The van der Waals surface area contributed by atoms with Gasteiger partial charge in [0.05, 0.1) is 18.8 Å². The van der Waals surface area contributed by atoms with E-state index >= 15 is 0 Å². The van der Waals surface area contributed by atoms with Crippen molar-refractivity contribution in [3.8, 4) is 0 Å². The third-order valence-electron chi connectivity index (χ3n) is 3.92. The van der Waals surface area contributed by atoms with Gasteiger partial charge >= 0.3 is 5.97 Å². The first-order chi connectivity index (χ1) is 7.04. The molecule has 2 atom stereocenters. The van der Waals surface area contributed by atoms with E-state index in [0.29, 0.717) is 32.4 Å². The van der Waals surface area contributed by atoms with Gasteiger partial charge in [-0.3, -0.25) is 9.69 Å². The molecule has 0 aromatic rings. The molecule has 0 bridgehead atoms. The summed E-state index contributed by atoms with van der Waals surface area (Å²) in [5.41, 5.74) is -0.338. The predicted octanol–water partition coefficient (Wildman–Crippen LogP) is -0.721. The van der Waals surface area contributed by atoms with Gasteiger partial charge in [0.2, 0.25) is 0 Å². The molecular formula is C10H17NO4. The Morgan fingerprint density at radius 3 is 2.20 bits per heavy atom. The van der Waals surface area contributed by atoms with E-state index in [1.54, 1.807) is 0 Å². The van der Waals surface area contributed by atoms with Crippen LogP contribution in [0.5, 0.6) is 0 Å². The normalized spacial score (nSPS) is 35.1. The number of piperidine rings is 1. The Balaban J connectivity index is 1.89. The second kappa shape index (κ2) is 3.73. The number of hydrogen-bond acceptors (Lipinski definition) is 4. The van der Waals surface area contributed by atoms with E-state index in [1.807, 2.05) is 4.90 Å². The van der Waals surface area contributed by atoms with Crippen molar-refractivity contribution >= 4 is 5.97 Å². The molecule has 3 N–H and O–H groups in total. The average molecular weight is 215 g/mol. The van der Waals surface area contributed by atoms with Gasteiger partial charge in [-0.2, -0.15) is 0 Å². The second-order valence-corrected chi connectivity index (χ2v) is 4.67. The van der Waals surface area contributed by atoms with Crippen LogP contribution in [-0.4, -0.2) is 58.0 Å². The molecule has 15 heavy (non-hydrogen) atoms. The molecule has 0 amide bonds. The topological polar surface area (TPSA) is 81.0 Å². The zero-order valence-corrected chi connectivity index (χ0v) is 8.59. The minimum absolute atomic E-state index is 0.0578. The lowest BCUT2D eigenvalue weighted by Crippen LogP contribution is -2.61. The molecule has 1 aliphatic heterocycles. The maximum Gasteiger partial charge on any atom is 0.317 e. The minimum atomic E-state index is -0.819. The maximum absolute atomic E-state index is 10.5. The highest BCUT2D eigenvalue weighted by atomic mass is 16.4. The molecule has 1 saturated heterocycles. The highest BCUT2D eigenvalue weighted by Crippen LogP contribution is 2.49. The lowest BCUT2D eigenvalue weighted by atomic mass is 9.58. The molecule has 5 heteroatoms. The molecule has 1 spiro atoms. The minimum Gasteiger partial charge on any atom is -0.480 e. The first-order valence-corrected chi connectivity index (χ1v) is 5.35. The molecule has 1 heterocycles. The molecular weight excluding hydrogens is 198 g/mol. The largest absolute Gasteiger partial charge is 0.480 e. The Morgan fingerprint density at radius 2 is 1.80 bits per heavy atom. The van der Waals surface area contributed by atoms with Crippen molar-refractivity contribution in [3.63, 3.8) is 0 Å². The summed E-state index contributed by atoms with van der Waals surface area (Å²) in [6.45, 7) is 1.36. The molecule has 0 aromatic carbocycles. The van der Waals surface area contributed by atoms with E-state index < -0.39 is 18.2 Å². The van der Waals surface area contributed by atoms with Crippen molar-refractivity contribution < 1.29 is 20.1 Å². The molecule has 1 aliphatic carbocycles. The van der Waals surface area contributed by atoms with Crippen LogP contribution in [0.15, 0.2) is 0 Å². The fraction of sp³-hybridized carbons (Fsp3) is 0.900. The summed E-state index contributed by atoms with van der Waals surface area (Å²) in [5.74, 6) is -0.819. The Labute approximate surface area is 88.3 Å². The van der Waals surface area contributed by atoms with E-state index in [-0.39, 0.29) is 12.0 Å². The quantitative estimate of drug-likeness (QED) is 0.566. The molecule has 1 saturated carbocycles. The summed E-state index contributed by atoms with van der Waals surface area (Å²) in [4.78, 5) is 12.4. The first-order valence-electron chi connectivity index (χ1n) is 5.35. The summed E-state index contributed by atoms with van der Waals surface area (Å²) in [5, 5.41) is 28.0. The van der Waals surface area contributed by atoms with Crippen LogP contribution in [0.4, 0.5) is 0 Å². The molecule has 0 radical (unpaired) electrons. The summed E-state index contributed by atoms with van der Waals surface area (Å²) in [6, 6.07) is 0. The summed E-state index contributed by atoms with van der Waals surface area (Å²) >= 11 is 0. The van der Waals surface area contributed by atoms with E-state index in [9.17, 15) is 15.0 Å². The lowest BCUT2D eigenvalue weighted by Gasteiger charge is -2.54. The number of rotatable bonds is 2. The molecule has 0 unspecified atom stereocenters. The van der Waals surface area contributed by atoms with Gasteiger partial charge in [0, 0.05) is 11.8 Å². The number of carbonyl (C=O) groups is 1. The number of aliphatic hydroxyl groups excluding tert-OH is 2. The first kappa shape index (κ1) is 10.9. The van der Waals surface area contributed by atoms with Crippen LogP contribution < -0.4 is 0 Å². The zero-order valence-electron chi connectivity index (χ0n) is 8.59. The van der Waals surface area contributed by atoms with Crippen LogP contribution in [0, 0.1) is 5.41 Å². The zero-order chi connectivity index (χ0) is 11.1. The third-order valence-corrected chi connectivity index (χ3v) is 3.92. The third kappa shape index (κ3) is 1.75. The Hall–Kier alpha value is -0.650. The van der Waals surface area contributed by atoms with Crippen LogP contribution in [0.2, 0.25) is 0 Å². The van der Waals surface area contributed by atoms with Crippen molar-refractivity contribution in [2.45, 2.75) is 31.5 Å². The van der Waals surface area contributed by atoms with E-state index in [4.69, 9.17) is 5.11 Å². The van der Waals surface area contributed by atoms with Gasteiger partial charge in [-0.1, -0.05) is 0 Å². The monoisotopic (exact) mass is 215 g/mol. The van der Waals surface area contributed by atoms with E-state index in [1.165, 1.54) is 0 Å². The molecule has 2 aliphatic rings. The lowest BCUT2D eigenvalue weighted by molar-refractivity contribution is -0.190. The number of nitrogens with zero attached hydrogens (tertiary/aromatic N) is 1. The standard InChI is InChI=1S/C10H17NO4/c12-7-5-8(13)10(7)1-3-11(4-2-10)6-9(14)15/h7-8,12-13H,1-6H2,(H,14,15)/t7-,8+. The number of carboxylic acids is 1. The van der Waals surface area contributed by atoms with Gasteiger partial charge in [0.25, 0.3) is 0 Å². The van der Waals surface area contributed by atoms with E-state index in [2.05, 4.69) is 0 Å². The average Bonchev–Trinajstić information content (AvgIpc) is 2.18. The van der Waals surface area contributed by atoms with Crippen LogP contribution in [-0.2, 0) is 4.79 Å². The molecule has 5 nitrogen and oxygen atoms in total. The summed E-state index contributed by atoms with van der Waals surface area (Å²) < 4.78 is 0. The van der Waals surface area contributed by atoms with Crippen molar-refractivity contribution in [1.82, 2.24) is 4.90 Å².